The molecule has 2 heteroatoms. The van der Waals surface area contributed by atoms with Crippen LogP contribution in [0.5, 0.6) is 0 Å². The molecule has 2 nitrogen and oxygen atoms in total. The molecule has 0 aliphatic heterocycles. The maximum Gasteiger partial charge on any atom is 0.0251 e. The topological polar surface area (TPSA) is 15.3 Å². The first kappa shape index (κ1) is 17.3. The molecule has 0 radical (unpaired) electrons. The summed E-state index contributed by atoms with van der Waals surface area (Å²) in [7, 11) is 4.57. The van der Waals surface area contributed by atoms with Crippen LogP contribution in [0.25, 0.3) is 0 Å². The van der Waals surface area contributed by atoms with Crippen molar-refractivity contribution in [3.63, 3.8) is 0 Å². The number of likely N-dealkylation sites (N-methyl/N-ethyl adjacent to an activating group) is 2. The molecule has 0 amide bonds. The molecule has 21 heavy (non-hydrogen) atoms. The third-order valence-electron chi connectivity index (χ3n) is 6.66. The zero-order valence-electron chi connectivity index (χ0n) is 15.1. The van der Waals surface area contributed by atoms with Crippen LogP contribution in [0.1, 0.15) is 72.1 Å². The van der Waals surface area contributed by atoms with Gasteiger partial charge in [-0.1, -0.05) is 27.2 Å². The maximum absolute atomic E-state index is 3.61. The van der Waals surface area contributed by atoms with Gasteiger partial charge >= 0.3 is 0 Å². The monoisotopic (exact) mass is 294 g/mol. The number of nitrogens with zero attached hydrogens (tertiary/aromatic N) is 1. The summed E-state index contributed by atoms with van der Waals surface area (Å²) in [4.78, 5) is 2.77. The Kier molecular flexibility index (Phi) is 6.55. The van der Waals surface area contributed by atoms with Crippen molar-refractivity contribution in [2.75, 3.05) is 14.1 Å². The largest absolute Gasteiger partial charge is 0.315 e. The molecule has 0 aromatic heterocycles. The van der Waals surface area contributed by atoms with Crippen LogP contribution in [0.3, 0.4) is 0 Å². The first-order valence-electron chi connectivity index (χ1n) is 9.45. The summed E-state index contributed by atoms with van der Waals surface area (Å²) in [6.07, 6.45) is 11.3. The van der Waals surface area contributed by atoms with Crippen LogP contribution in [0, 0.1) is 17.8 Å². The summed E-state index contributed by atoms with van der Waals surface area (Å²) in [6.45, 7) is 7.18. The predicted octanol–water partition coefficient (Wildman–Crippen LogP) is 4.30. The fourth-order valence-corrected chi connectivity index (χ4v) is 4.80. The third-order valence-corrected chi connectivity index (χ3v) is 6.66. The van der Waals surface area contributed by atoms with Crippen molar-refractivity contribution >= 4 is 0 Å². The molecule has 0 bridgehead atoms. The van der Waals surface area contributed by atoms with Gasteiger partial charge in [0, 0.05) is 18.1 Å². The van der Waals surface area contributed by atoms with E-state index in [1.165, 1.54) is 51.4 Å². The van der Waals surface area contributed by atoms with Crippen molar-refractivity contribution in [2.45, 2.75) is 90.3 Å². The van der Waals surface area contributed by atoms with Crippen LogP contribution in [0.15, 0.2) is 0 Å². The van der Waals surface area contributed by atoms with E-state index in [-0.39, 0.29) is 0 Å². The Hall–Kier alpha value is -0.0800. The van der Waals surface area contributed by atoms with Gasteiger partial charge in [0.05, 0.1) is 0 Å². The van der Waals surface area contributed by atoms with Crippen molar-refractivity contribution in [1.29, 1.82) is 0 Å². The Morgan fingerprint density at radius 3 is 2.24 bits per heavy atom. The first-order chi connectivity index (χ1) is 10.1. The van der Waals surface area contributed by atoms with E-state index in [4.69, 9.17) is 0 Å². The van der Waals surface area contributed by atoms with Gasteiger partial charge in [-0.3, -0.25) is 4.90 Å². The average Bonchev–Trinajstić information content (AvgIpc) is 2.53. The van der Waals surface area contributed by atoms with Crippen LogP contribution < -0.4 is 5.32 Å². The first-order valence-corrected chi connectivity index (χ1v) is 9.45. The summed E-state index contributed by atoms with van der Waals surface area (Å²) >= 11 is 0. The van der Waals surface area contributed by atoms with E-state index in [1.54, 1.807) is 0 Å². The second-order valence-electron chi connectivity index (χ2n) is 8.03. The van der Waals surface area contributed by atoms with Gasteiger partial charge in [-0.15, -0.1) is 0 Å². The number of rotatable bonds is 5. The van der Waals surface area contributed by atoms with Crippen molar-refractivity contribution < 1.29 is 0 Å². The lowest BCUT2D eigenvalue weighted by Gasteiger charge is -2.46. The smallest absolute Gasteiger partial charge is 0.0251 e. The molecule has 0 saturated heterocycles. The highest BCUT2D eigenvalue weighted by Gasteiger charge is 2.36. The van der Waals surface area contributed by atoms with Crippen molar-refractivity contribution in [3.05, 3.63) is 0 Å². The lowest BCUT2D eigenvalue weighted by atomic mass is 9.75. The molecule has 2 aliphatic rings. The van der Waals surface area contributed by atoms with E-state index < -0.39 is 0 Å². The standard InChI is InChI=1S/C19H38N2/c1-6-15-7-10-17(11-8-15)21(5)19-13-16(14(2)3)9-12-18(19)20-4/h14-20H,6-13H2,1-5H3. The SMILES string of the molecule is CCC1CCC(N(C)C2CC(C(C)C)CCC2NC)CC1. The molecular formula is C19H38N2. The molecule has 2 fully saturated rings. The second kappa shape index (κ2) is 7.97. The van der Waals surface area contributed by atoms with Gasteiger partial charge in [-0.05, 0) is 76.8 Å². The van der Waals surface area contributed by atoms with Gasteiger partial charge < -0.3 is 5.32 Å². The van der Waals surface area contributed by atoms with Gasteiger partial charge in [0.2, 0.25) is 0 Å². The van der Waals surface area contributed by atoms with Crippen molar-refractivity contribution in [2.24, 2.45) is 17.8 Å². The second-order valence-corrected chi connectivity index (χ2v) is 8.03. The molecule has 0 aromatic carbocycles. The molecule has 0 aromatic rings. The quantitative estimate of drug-likeness (QED) is 0.813. The molecule has 0 spiro atoms. The van der Waals surface area contributed by atoms with E-state index in [2.05, 4.69) is 45.1 Å². The number of nitrogens with one attached hydrogen (secondary N) is 1. The lowest BCUT2D eigenvalue weighted by Crippen LogP contribution is -2.55. The van der Waals surface area contributed by atoms with Gasteiger partial charge in [-0.25, -0.2) is 0 Å². The molecule has 2 rings (SSSR count). The minimum Gasteiger partial charge on any atom is -0.315 e. The summed E-state index contributed by atoms with van der Waals surface area (Å²) in [6, 6.07) is 2.28. The van der Waals surface area contributed by atoms with Crippen LogP contribution in [0.2, 0.25) is 0 Å². The Labute approximate surface area is 133 Å². The lowest BCUT2D eigenvalue weighted by molar-refractivity contribution is 0.0526. The van der Waals surface area contributed by atoms with Crippen LogP contribution in [-0.2, 0) is 0 Å². The maximum atomic E-state index is 3.61. The number of hydrogen-bond acceptors (Lipinski definition) is 2. The number of hydrogen-bond donors (Lipinski definition) is 1. The zero-order valence-corrected chi connectivity index (χ0v) is 15.1. The van der Waals surface area contributed by atoms with E-state index >= 15 is 0 Å². The molecule has 2 saturated carbocycles. The molecule has 0 heterocycles. The molecule has 124 valence electrons. The van der Waals surface area contributed by atoms with E-state index in [0.717, 1.165) is 29.8 Å². The summed E-state index contributed by atoms with van der Waals surface area (Å²) < 4.78 is 0. The Balaban J connectivity index is 1.96. The van der Waals surface area contributed by atoms with Crippen LogP contribution >= 0.6 is 0 Å². The molecule has 1 N–H and O–H groups in total. The van der Waals surface area contributed by atoms with Gasteiger partial charge in [0.25, 0.3) is 0 Å². The van der Waals surface area contributed by atoms with E-state index in [0.29, 0.717) is 6.04 Å². The minimum absolute atomic E-state index is 0.703. The Morgan fingerprint density at radius 2 is 1.71 bits per heavy atom. The van der Waals surface area contributed by atoms with Gasteiger partial charge in [0.15, 0.2) is 0 Å². The fourth-order valence-electron chi connectivity index (χ4n) is 4.80. The van der Waals surface area contributed by atoms with Gasteiger partial charge in [-0.2, -0.15) is 0 Å². The fraction of sp³-hybridized carbons (Fsp3) is 1.00. The highest BCUT2D eigenvalue weighted by Crippen LogP contribution is 2.36. The summed E-state index contributed by atoms with van der Waals surface area (Å²) in [5, 5.41) is 3.61. The molecule has 2 aliphatic carbocycles. The van der Waals surface area contributed by atoms with Crippen molar-refractivity contribution in [3.8, 4) is 0 Å². The Morgan fingerprint density at radius 1 is 1.05 bits per heavy atom. The van der Waals surface area contributed by atoms with Crippen LogP contribution in [0.4, 0.5) is 0 Å². The Bertz CT molecular complexity index is 294. The van der Waals surface area contributed by atoms with Crippen LogP contribution in [-0.4, -0.2) is 37.1 Å². The van der Waals surface area contributed by atoms with E-state index in [1.807, 2.05) is 0 Å². The van der Waals surface area contributed by atoms with Gasteiger partial charge in [0.1, 0.15) is 0 Å². The summed E-state index contributed by atoms with van der Waals surface area (Å²) in [5.74, 6) is 2.77. The van der Waals surface area contributed by atoms with Crippen molar-refractivity contribution in [1.82, 2.24) is 10.2 Å². The highest BCUT2D eigenvalue weighted by molar-refractivity contribution is 4.93. The predicted molar refractivity (Wildman–Crippen MR) is 92.6 cm³/mol. The zero-order chi connectivity index (χ0) is 15.4. The summed E-state index contributed by atoms with van der Waals surface area (Å²) in [5.41, 5.74) is 0. The average molecular weight is 295 g/mol. The third kappa shape index (κ3) is 4.22. The molecule has 3 unspecified atom stereocenters. The molecule has 3 atom stereocenters. The molecular weight excluding hydrogens is 256 g/mol. The normalized spacial score (nSPS) is 38.1. The minimum atomic E-state index is 0.703. The highest BCUT2D eigenvalue weighted by atomic mass is 15.2. The van der Waals surface area contributed by atoms with E-state index in [9.17, 15) is 0 Å².